The molecule has 0 aliphatic heterocycles. The Hall–Kier alpha value is -2.60. The molecule has 6 nitrogen and oxygen atoms in total. The van der Waals surface area contributed by atoms with Gasteiger partial charge in [-0.15, -0.1) is 0 Å². The van der Waals surface area contributed by atoms with Crippen LogP contribution in [0.5, 0.6) is 5.75 Å². The Bertz CT molecular complexity index is 624. The van der Waals surface area contributed by atoms with E-state index in [1.807, 2.05) is 0 Å². The number of phenolic OH excluding ortho intramolecular Hbond substituents is 1. The van der Waals surface area contributed by atoms with Crippen LogP contribution in [0.4, 0.5) is 11.4 Å². The summed E-state index contributed by atoms with van der Waals surface area (Å²) in [6.45, 7) is 0.387. The Kier molecular flexibility index (Phi) is 3.35. The number of aromatic hydroxyl groups is 1. The van der Waals surface area contributed by atoms with Gasteiger partial charge in [0.05, 0.1) is 16.2 Å². The van der Waals surface area contributed by atoms with Crippen molar-refractivity contribution < 1.29 is 10.0 Å². The zero-order chi connectivity index (χ0) is 14.0. The van der Waals surface area contributed by atoms with E-state index in [2.05, 4.69) is 0 Å². The molecule has 98 valence electrons. The fraction of sp³-hybridized carbons (Fsp3) is 0.0769. The molecule has 0 unspecified atom stereocenters. The van der Waals surface area contributed by atoms with Crippen molar-refractivity contribution in [3.63, 3.8) is 0 Å². The molecule has 2 aromatic carbocycles. The van der Waals surface area contributed by atoms with Crippen LogP contribution in [0.15, 0.2) is 36.4 Å². The number of hydrogen-bond donors (Lipinski definition) is 3. The van der Waals surface area contributed by atoms with Gasteiger partial charge in [0.2, 0.25) is 0 Å². The van der Waals surface area contributed by atoms with Gasteiger partial charge < -0.3 is 16.6 Å². The highest BCUT2D eigenvalue weighted by molar-refractivity contribution is 5.87. The van der Waals surface area contributed by atoms with E-state index in [0.29, 0.717) is 12.1 Å². The van der Waals surface area contributed by atoms with Crippen LogP contribution in [-0.4, -0.2) is 10.0 Å². The summed E-state index contributed by atoms with van der Waals surface area (Å²) in [5.41, 5.74) is 12.8. The number of anilines is 1. The zero-order valence-corrected chi connectivity index (χ0v) is 10.0. The molecule has 0 aliphatic carbocycles. The lowest BCUT2D eigenvalue weighted by atomic mass is 10.00. The van der Waals surface area contributed by atoms with Crippen molar-refractivity contribution in [2.24, 2.45) is 5.73 Å². The van der Waals surface area contributed by atoms with Crippen molar-refractivity contribution in [1.29, 1.82) is 0 Å². The van der Waals surface area contributed by atoms with Crippen LogP contribution < -0.4 is 11.5 Å². The lowest BCUT2D eigenvalue weighted by molar-refractivity contribution is -0.384. The van der Waals surface area contributed by atoms with Gasteiger partial charge in [0.1, 0.15) is 5.75 Å². The van der Waals surface area contributed by atoms with Gasteiger partial charge in [0, 0.05) is 12.6 Å². The second kappa shape index (κ2) is 4.95. The second-order valence-electron chi connectivity index (χ2n) is 4.05. The highest BCUT2D eigenvalue weighted by atomic mass is 16.6. The molecule has 5 N–H and O–H groups in total. The molecular formula is C13H13N3O3. The summed E-state index contributed by atoms with van der Waals surface area (Å²) in [7, 11) is 0. The molecule has 0 amide bonds. The van der Waals surface area contributed by atoms with E-state index in [-0.39, 0.29) is 22.7 Å². The van der Waals surface area contributed by atoms with Crippen molar-refractivity contribution in [2.75, 3.05) is 5.73 Å². The minimum atomic E-state index is -0.526. The molecule has 2 rings (SSSR count). The quantitative estimate of drug-likeness (QED) is 0.337. The maximum Gasteiger partial charge on any atom is 0.279 e. The first-order valence-corrected chi connectivity index (χ1v) is 5.59. The lowest BCUT2D eigenvalue weighted by Crippen LogP contribution is -1.99. The first kappa shape index (κ1) is 12.8. The molecule has 0 aliphatic rings. The van der Waals surface area contributed by atoms with Gasteiger partial charge in [-0.2, -0.15) is 0 Å². The Morgan fingerprint density at radius 3 is 2.32 bits per heavy atom. The van der Waals surface area contributed by atoms with Gasteiger partial charge in [-0.25, -0.2) is 0 Å². The minimum Gasteiger partial charge on any atom is -0.506 e. The molecule has 0 saturated carbocycles. The first-order valence-electron chi connectivity index (χ1n) is 5.59. The van der Waals surface area contributed by atoms with E-state index in [4.69, 9.17) is 11.5 Å². The van der Waals surface area contributed by atoms with Crippen LogP contribution in [-0.2, 0) is 6.54 Å². The van der Waals surface area contributed by atoms with E-state index in [1.165, 1.54) is 12.1 Å². The maximum atomic E-state index is 11.0. The van der Waals surface area contributed by atoms with Crippen LogP contribution in [0.1, 0.15) is 5.56 Å². The minimum absolute atomic E-state index is 0.00491. The van der Waals surface area contributed by atoms with E-state index < -0.39 is 4.92 Å². The first-order chi connectivity index (χ1) is 9.04. The van der Waals surface area contributed by atoms with Crippen LogP contribution in [0.2, 0.25) is 0 Å². The predicted molar refractivity (Wildman–Crippen MR) is 72.5 cm³/mol. The number of nitrogens with two attached hydrogens (primary N) is 2. The number of nitrogen functional groups attached to an aromatic ring is 1. The summed E-state index contributed by atoms with van der Waals surface area (Å²) in [6.07, 6.45) is 0. The predicted octanol–water partition coefficient (Wildman–Crippen LogP) is 2.01. The normalized spacial score (nSPS) is 10.4. The van der Waals surface area contributed by atoms with Gasteiger partial charge in [-0.1, -0.05) is 24.3 Å². The highest BCUT2D eigenvalue weighted by Gasteiger charge is 2.20. The molecule has 2 aromatic rings. The highest BCUT2D eigenvalue weighted by Crippen LogP contribution is 2.39. The molecule has 0 aromatic heterocycles. The number of rotatable bonds is 3. The van der Waals surface area contributed by atoms with Gasteiger partial charge in [-0.05, 0) is 17.2 Å². The van der Waals surface area contributed by atoms with Crippen LogP contribution in [0, 0.1) is 10.1 Å². The number of benzene rings is 2. The van der Waals surface area contributed by atoms with E-state index in [0.717, 1.165) is 5.56 Å². The third-order valence-electron chi connectivity index (χ3n) is 2.88. The number of nitro benzene ring substituents is 1. The number of hydrogen-bond acceptors (Lipinski definition) is 5. The summed E-state index contributed by atoms with van der Waals surface area (Å²) in [6, 6.07) is 9.37. The zero-order valence-electron chi connectivity index (χ0n) is 10.0. The summed E-state index contributed by atoms with van der Waals surface area (Å²) >= 11 is 0. The van der Waals surface area contributed by atoms with Gasteiger partial charge in [0.25, 0.3) is 5.69 Å². The monoisotopic (exact) mass is 259 g/mol. The third kappa shape index (κ3) is 2.34. The SMILES string of the molecule is NCc1ccc(-c2c([N+](=O)[O-])ccc(O)c2N)cc1. The number of phenols is 1. The summed E-state index contributed by atoms with van der Waals surface area (Å²) in [4.78, 5) is 10.5. The molecule has 0 bridgehead atoms. The van der Waals surface area contributed by atoms with Gasteiger partial charge in [-0.3, -0.25) is 10.1 Å². The topological polar surface area (TPSA) is 115 Å². The van der Waals surface area contributed by atoms with Crippen LogP contribution in [0.3, 0.4) is 0 Å². The molecule has 0 fully saturated rings. The standard InChI is InChI=1S/C13H13N3O3/c14-7-8-1-3-9(4-2-8)12-10(16(18)19)5-6-11(17)13(12)15/h1-6,17H,7,14-15H2. The van der Waals surface area contributed by atoms with Crippen molar-refractivity contribution >= 4 is 11.4 Å². The van der Waals surface area contributed by atoms with Crippen molar-refractivity contribution in [3.8, 4) is 16.9 Å². The van der Waals surface area contributed by atoms with Crippen molar-refractivity contribution in [1.82, 2.24) is 0 Å². The molecule has 0 radical (unpaired) electrons. The summed E-state index contributed by atoms with van der Waals surface area (Å²) in [5, 5.41) is 20.6. The fourth-order valence-electron chi connectivity index (χ4n) is 1.86. The summed E-state index contributed by atoms with van der Waals surface area (Å²) in [5.74, 6) is -0.177. The molecule has 6 heteroatoms. The molecule has 0 heterocycles. The smallest absolute Gasteiger partial charge is 0.279 e. The molecular weight excluding hydrogens is 246 g/mol. The fourth-order valence-corrected chi connectivity index (χ4v) is 1.86. The Labute approximate surface area is 109 Å². The van der Waals surface area contributed by atoms with E-state index >= 15 is 0 Å². The summed E-state index contributed by atoms with van der Waals surface area (Å²) < 4.78 is 0. The van der Waals surface area contributed by atoms with Crippen molar-refractivity contribution in [2.45, 2.75) is 6.54 Å². The van der Waals surface area contributed by atoms with E-state index in [1.54, 1.807) is 24.3 Å². The van der Waals surface area contributed by atoms with Crippen molar-refractivity contribution in [3.05, 3.63) is 52.1 Å². The number of nitrogens with zero attached hydrogens (tertiary/aromatic N) is 1. The molecule has 0 spiro atoms. The molecule has 0 atom stereocenters. The average molecular weight is 259 g/mol. The lowest BCUT2D eigenvalue weighted by Gasteiger charge is -2.09. The van der Waals surface area contributed by atoms with Crippen LogP contribution in [0.25, 0.3) is 11.1 Å². The Morgan fingerprint density at radius 2 is 1.79 bits per heavy atom. The Balaban J connectivity index is 2.65. The molecule has 0 saturated heterocycles. The van der Waals surface area contributed by atoms with Gasteiger partial charge >= 0.3 is 0 Å². The third-order valence-corrected chi connectivity index (χ3v) is 2.88. The Morgan fingerprint density at radius 1 is 1.16 bits per heavy atom. The molecule has 19 heavy (non-hydrogen) atoms. The second-order valence-corrected chi connectivity index (χ2v) is 4.05. The largest absolute Gasteiger partial charge is 0.506 e. The van der Waals surface area contributed by atoms with Gasteiger partial charge in [0.15, 0.2) is 0 Å². The van der Waals surface area contributed by atoms with Crippen LogP contribution >= 0.6 is 0 Å². The number of nitro groups is 1. The average Bonchev–Trinajstić information content (AvgIpc) is 2.41. The maximum absolute atomic E-state index is 11.0. The van der Waals surface area contributed by atoms with E-state index in [9.17, 15) is 15.2 Å².